The summed E-state index contributed by atoms with van der Waals surface area (Å²) < 4.78 is 0. The lowest BCUT2D eigenvalue weighted by atomic mass is 10.2. The van der Waals surface area contributed by atoms with Crippen LogP contribution in [0.3, 0.4) is 0 Å². The van der Waals surface area contributed by atoms with Crippen LogP contribution in [0.1, 0.15) is 11.3 Å². The second-order valence-electron chi connectivity index (χ2n) is 4.25. The first-order valence-corrected chi connectivity index (χ1v) is 6.43. The van der Waals surface area contributed by atoms with Crippen molar-refractivity contribution < 1.29 is 0 Å². The van der Waals surface area contributed by atoms with Crippen molar-refractivity contribution in [2.24, 2.45) is 0 Å². The Labute approximate surface area is 117 Å². The molecule has 0 spiro atoms. The van der Waals surface area contributed by atoms with Gasteiger partial charge in [0, 0.05) is 18.1 Å². The molecule has 18 heavy (non-hydrogen) atoms. The molecule has 1 aromatic carbocycles. The maximum absolute atomic E-state index is 5.86. The van der Waals surface area contributed by atoms with E-state index in [1.165, 1.54) is 5.56 Å². The van der Waals surface area contributed by atoms with Gasteiger partial charge in [-0.2, -0.15) is 0 Å². The molecule has 2 rings (SSSR count). The predicted octanol–water partition coefficient (Wildman–Crippen LogP) is 4.02. The molecule has 4 heteroatoms. The van der Waals surface area contributed by atoms with Crippen LogP contribution in [0, 0.1) is 0 Å². The maximum atomic E-state index is 5.86. The minimum absolute atomic E-state index is 0.535. The predicted molar refractivity (Wildman–Crippen MR) is 75.9 cm³/mol. The molecule has 0 fully saturated rings. The summed E-state index contributed by atoms with van der Waals surface area (Å²) in [6, 6.07) is 13.6. The van der Waals surface area contributed by atoms with E-state index in [1.807, 2.05) is 36.4 Å². The molecule has 0 atom stereocenters. The molecule has 0 unspecified atom stereocenters. The topological polar surface area (TPSA) is 16.1 Å². The van der Waals surface area contributed by atoms with E-state index in [1.54, 1.807) is 6.07 Å². The molecule has 0 saturated heterocycles. The van der Waals surface area contributed by atoms with Crippen LogP contribution in [-0.2, 0) is 13.1 Å². The van der Waals surface area contributed by atoms with Crippen LogP contribution in [0.4, 0.5) is 0 Å². The highest BCUT2D eigenvalue weighted by Gasteiger charge is 2.03. The molecular formula is C14H14Cl2N2. The molecule has 0 aliphatic carbocycles. The van der Waals surface area contributed by atoms with Gasteiger partial charge in [-0.05, 0) is 36.9 Å². The van der Waals surface area contributed by atoms with Gasteiger partial charge in [0.1, 0.15) is 5.15 Å². The quantitative estimate of drug-likeness (QED) is 0.787. The maximum Gasteiger partial charge on any atom is 0.129 e. The number of aromatic nitrogens is 1. The van der Waals surface area contributed by atoms with Gasteiger partial charge >= 0.3 is 0 Å². The highest BCUT2D eigenvalue weighted by Crippen LogP contribution is 2.12. The van der Waals surface area contributed by atoms with Crippen molar-refractivity contribution in [3.05, 3.63) is 63.9 Å². The molecule has 0 aliphatic heterocycles. The third-order valence-electron chi connectivity index (χ3n) is 2.57. The number of nitrogens with zero attached hydrogens (tertiary/aromatic N) is 2. The van der Waals surface area contributed by atoms with Crippen LogP contribution in [0.2, 0.25) is 10.2 Å². The largest absolute Gasteiger partial charge is 0.296 e. The van der Waals surface area contributed by atoms with Crippen LogP contribution in [0.15, 0.2) is 42.5 Å². The van der Waals surface area contributed by atoms with E-state index in [4.69, 9.17) is 23.2 Å². The van der Waals surface area contributed by atoms with E-state index in [2.05, 4.69) is 16.9 Å². The Morgan fingerprint density at radius 3 is 2.39 bits per heavy atom. The van der Waals surface area contributed by atoms with E-state index in [-0.39, 0.29) is 0 Å². The molecule has 0 saturated carbocycles. The van der Waals surface area contributed by atoms with Gasteiger partial charge in [0.2, 0.25) is 0 Å². The zero-order chi connectivity index (χ0) is 13.0. The van der Waals surface area contributed by atoms with E-state index < -0.39 is 0 Å². The summed E-state index contributed by atoms with van der Waals surface area (Å²) in [7, 11) is 2.05. The van der Waals surface area contributed by atoms with Crippen molar-refractivity contribution in [3.8, 4) is 0 Å². The zero-order valence-corrected chi connectivity index (χ0v) is 11.6. The number of benzene rings is 1. The first kappa shape index (κ1) is 13.3. The van der Waals surface area contributed by atoms with Gasteiger partial charge in [-0.1, -0.05) is 41.4 Å². The van der Waals surface area contributed by atoms with Crippen LogP contribution < -0.4 is 0 Å². The normalized spacial score (nSPS) is 10.9. The lowest BCUT2D eigenvalue weighted by Gasteiger charge is -2.16. The second-order valence-corrected chi connectivity index (χ2v) is 5.07. The summed E-state index contributed by atoms with van der Waals surface area (Å²) in [6.45, 7) is 1.62. The van der Waals surface area contributed by atoms with E-state index in [0.717, 1.165) is 23.8 Å². The summed E-state index contributed by atoms with van der Waals surface area (Å²) in [5.41, 5.74) is 2.20. The van der Waals surface area contributed by atoms with Gasteiger partial charge < -0.3 is 0 Å². The summed E-state index contributed by atoms with van der Waals surface area (Å²) in [4.78, 5) is 6.45. The fourth-order valence-corrected chi connectivity index (χ4v) is 2.08. The van der Waals surface area contributed by atoms with Crippen LogP contribution in [0.25, 0.3) is 0 Å². The SMILES string of the molecule is CN(Cc1ccc(Cl)cc1)Cc1cccc(Cl)n1. The van der Waals surface area contributed by atoms with Crippen LogP contribution >= 0.6 is 23.2 Å². The summed E-state index contributed by atoms with van der Waals surface area (Å²) in [5.74, 6) is 0. The van der Waals surface area contributed by atoms with Crippen molar-refractivity contribution in [1.82, 2.24) is 9.88 Å². The first-order chi connectivity index (χ1) is 8.63. The standard InChI is InChI=1S/C14H14Cl2N2/c1-18(9-11-5-7-12(15)8-6-11)10-13-3-2-4-14(16)17-13/h2-8H,9-10H2,1H3. The summed E-state index contributed by atoms with van der Waals surface area (Å²) in [6.07, 6.45) is 0. The van der Waals surface area contributed by atoms with Gasteiger partial charge in [-0.15, -0.1) is 0 Å². The molecule has 2 aromatic rings. The zero-order valence-electron chi connectivity index (χ0n) is 10.1. The number of hydrogen-bond donors (Lipinski definition) is 0. The fourth-order valence-electron chi connectivity index (χ4n) is 1.77. The van der Waals surface area contributed by atoms with Crippen molar-refractivity contribution >= 4 is 23.2 Å². The Morgan fingerprint density at radius 2 is 1.72 bits per heavy atom. The Kier molecular flexibility index (Phi) is 4.59. The van der Waals surface area contributed by atoms with Crippen LogP contribution in [0.5, 0.6) is 0 Å². The Hall–Kier alpha value is -1.09. The number of hydrogen-bond acceptors (Lipinski definition) is 2. The van der Waals surface area contributed by atoms with Crippen molar-refractivity contribution in [2.75, 3.05) is 7.05 Å². The molecule has 1 heterocycles. The van der Waals surface area contributed by atoms with Gasteiger partial charge in [-0.3, -0.25) is 4.90 Å². The molecule has 0 radical (unpaired) electrons. The minimum Gasteiger partial charge on any atom is -0.296 e. The Bertz CT molecular complexity index is 511. The summed E-state index contributed by atoms with van der Waals surface area (Å²) in [5, 5.41) is 1.30. The van der Waals surface area contributed by atoms with Crippen molar-refractivity contribution in [1.29, 1.82) is 0 Å². The molecular weight excluding hydrogens is 267 g/mol. The number of rotatable bonds is 4. The van der Waals surface area contributed by atoms with E-state index in [9.17, 15) is 0 Å². The van der Waals surface area contributed by atoms with E-state index >= 15 is 0 Å². The lowest BCUT2D eigenvalue weighted by Crippen LogP contribution is -2.17. The molecule has 0 N–H and O–H groups in total. The van der Waals surface area contributed by atoms with E-state index in [0.29, 0.717) is 5.15 Å². The number of pyridine rings is 1. The highest BCUT2D eigenvalue weighted by atomic mass is 35.5. The average molecular weight is 281 g/mol. The van der Waals surface area contributed by atoms with Gasteiger partial charge in [-0.25, -0.2) is 4.98 Å². The average Bonchev–Trinajstić information content (AvgIpc) is 2.32. The molecule has 0 aliphatic rings. The van der Waals surface area contributed by atoms with Crippen molar-refractivity contribution in [3.63, 3.8) is 0 Å². The molecule has 94 valence electrons. The molecule has 1 aromatic heterocycles. The number of halogens is 2. The third-order valence-corrected chi connectivity index (χ3v) is 3.03. The minimum atomic E-state index is 0.535. The molecule has 0 bridgehead atoms. The summed E-state index contributed by atoms with van der Waals surface area (Å²) >= 11 is 11.7. The van der Waals surface area contributed by atoms with Gasteiger partial charge in [0.05, 0.1) is 5.69 Å². The van der Waals surface area contributed by atoms with Gasteiger partial charge in [0.25, 0.3) is 0 Å². The third kappa shape index (κ3) is 3.98. The van der Waals surface area contributed by atoms with Gasteiger partial charge in [0.15, 0.2) is 0 Å². The molecule has 2 nitrogen and oxygen atoms in total. The first-order valence-electron chi connectivity index (χ1n) is 5.68. The Balaban J connectivity index is 1.96. The molecule has 0 amide bonds. The second kappa shape index (κ2) is 6.19. The van der Waals surface area contributed by atoms with Crippen molar-refractivity contribution in [2.45, 2.75) is 13.1 Å². The van der Waals surface area contributed by atoms with Crippen LogP contribution in [-0.4, -0.2) is 16.9 Å². The monoisotopic (exact) mass is 280 g/mol. The Morgan fingerprint density at radius 1 is 1.00 bits per heavy atom. The smallest absolute Gasteiger partial charge is 0.129 e. The fraction of sp³-hybridized carbons (Fsp3) is 0.214. The lowest BCUT2D eigenvalue weighted by molar-refractivity contribution is 0.315. The highest BCUT2D eigenvalue weighted by molar-refractivity contribution is 6.30.